The van der Waals surface area contributed by atoms with Crippen molar-refractivity contribution in [3.63, 3.8) is 0 Å². The van der Waals surface area contributed by atoms with E-state index in [0.29, 0.717) is 12.1 Å². The number of carbonyl (C=O) groups is 1. The standard InChI is InChI=1S/C16H25N3O2/c1-21-12-11-18-7-4-8-19(10-9-18)16(20)13-14-5-2-3-6-15(14)17/h2-3,5-6H,4,7-13,17H2,1H3. The third kappa shape index (κ3) is 4.72. The van der Waals surface area contributed by atoms with Crippen molar-refractivity contribution in [2.24, 2.45) is 0 Å². The first-order valence-corrected chi connectivity index (χ1v) is 7.53. The molecule has 1 amide bonds. The summed E-state index contributed by atoms with van der Waals surface area (Å²) in [6.45, 7) is 5.24. The lowest BCUT2D eigenvalue weighted by atomic mass is 10.1. The van der Waals surface area contributed by atoms with Crippen LogP contribution in [-0.2, 0) is 16.0 Å². The minimum atomic E-state index is 0.168. The van der Waals surface area contributed by atoms with Gasteiger partial charge in [0.2, 0.25) is 5.91 Å². The predicted octanol–water partition coefficient (Wildman–Crippen LogP) is 0.992. The largest absolute Gasteiger partial charge is 0.398 e. The van der Waals surface area contributed by atoms with Crippen molar-refractivity contribution in [2.75, 3.05) is 52.2 Å². The Bertz CT molecular complexity index is 465. The van der Waals surface area contributed by atoms with Crippen LogP contribution in [-0.4, -0.2) is 62.1 Å². The molecule has 21 heavy (non-hydrogen) atoms. The number of rotatable bonds is 5. The summed E-state index contributed by atoms with van der Waals surface area (Å²) < 4.78 is 5.12. The molecule has 1 aromatic rings. The minimum Gasteiger partial charge on any atom is -0.398 e. The van der Waals surface area contributed by atoms with Gasteiger partial charge in [0.05, 0.1) is 13.0 Å². The number of hydrogen-bond acceptors (Lipinski definition) is 4. The molecule has 1 heterocycles. The number of nitrogens with zero attached hydrogens (tertiary/aromatic N) is 2. The lowest BCUT2D eigenvalue weighted by molar-refractivity contribution is -0.130. The lowest BCUT2D eigenvalue weighted by Crippen LogP contribution is -2.36. The summed E-state index contributed by atoms with van der Waals surface area (Å²) in [6.07, 6.45) is 1.41. The van der Waals surface area contributed by atoms with E-state index in [9.17, 15) is 4.79 Å². The highest BCUT2D eigenvalue weighted by atomic mass is 16.5. The molecular formula is C16H25N3O2. The monoisotopic (exact) mass is 291 g/mol. The molecule has 0 atom stereocenters. The Morgan fingerprint density at radius 2 is 2.05 bits per heavy atom. The molecule has 0 aliphatic carbocycles. The van der Waals surface area contributed by atoms with Crippen molar-refractivity contribution in [1.29, 1.82) is 0 Å². The number of hydrogen-bond donors (Lipinski definition) is 1. The van der Waals surface area contributed by atoms with Gasteiger partial charge in [0.25, 0.3) is 0 Å². The van der Waals surface area contributed by atoms with Crippen LogP contribution in [0.25, 0.3) is 0 Å². The number of anilines is 1. The van der Waals surface area contributed by atoms with E-state index < -0.39 is 0 Å². The Morgan fingerprint density at radius 1 is 1.24 bits per heavy atom. The number of benzene rings is 1. The Balaban J connectivity index is 1.87. The van der Waals surface area contributed by atoms with Gasteiger partial charge in [-0.1, -0.05) is 18.2 Å². The molecule has 1 aliphatic heterocycles. The van der Waals surface area contributed by atoms with Crippen LogP contribution >= 0.6 is 0 Å². The van der Waals surface area contributed by atoms with Gasteiger partial charge in [0.1, 0.15) is 0 Å². The van der Waals surface area contributed by atoms with Crippen LogP contribution < -0.4 is 5.73 Å². The van der Waals surface area contributed by atoms with E-state index in [4.69, 9.17) is 10.5 Å². The molecule has 5 heteroatoms. The van der Waals surface area contributed by atoms with Crippen molar-refractivity contribution in [3.8, 4) is 0 Å². The molecule has 0 unspecified atom stereocenters. The zero-order valence-corrected chi connectivity index (χ0v) is 12.8. The second kappa shape index (κ2) is 8.00. The van der Waals surface area contributed by atoms with E-state index in [1.54, 1.807) is 7.11 Å². The number of para-hydroxylation sites is 1. The fourth-order valence-electron chi connectivity index (χ4n) is 2.63. The van der Waals surface area contributed by atoms with Gasteiger partial charge in [-0.3, -0.25) is 9.69 Å². The first-order chi connectivity index (χ1) is 10.2. The van der Waals surface area contributed by atoms with Gasteiger partial charge in [-0.05, 0) is 24.6 Å². The number of nitrogens with two attached hydrogens (primary N) is 1. The minimum absolute atomic E-state index is 0.168. The molecule has 0 bridgehead atoms. The van der Waals surface area contributed by atoms with Crippen LogP contribution in [0.4, 0.5) is 5.69 Å². The quantitative estimate of drug-likeness (QED) is 0.822. The van der Waals surface area contributed by atoms with Crippen LogP contribution in [0, 0.1) is 0 Å². The molecule has 0 spiro atoms. The molecule has 2 rings (SSSR count). The normalized spacial score (nSPS) is 16.7. The van der Waals surface area contributed by atoms with Gasteiger partial charge in [-0.25, -0.2) is 0 Å². The maximum atomic E-state index is 12.4. The maximum Gasteiger partial charge on any atom is 0.227 e. The van der Waals surface area contributed by atoms with Gasteiger partial charge in [-0.2, -0.15) is 0 Å². The van der Waals surface area contributed by atoms with Crippen molar-refractivity contribution < 1.29 is 9.53 Å². The summed E-state index contributed by atoms with van der Waals surface area (Å²) in [5, 5.41) is 0. The van der Waals surface area contributed by atoms with E-state index in [0.717, 1.165) is 51.3 Å². The van der Waals surface area contributed by atoms with E-state index in [2.05, 4.69) is 4.90 Å². The van der Waals surface area contributed by atoms with E-state index in [-0.39, 0.29) is 5.91 Å². The number of methoxy groups -OCH3 is 1. The lowest BCUT2D eigenvalue weighted by Gasteiger charge is -2.22. The SMILES string of the molecule is COCCN1CCCN(C(=O)Cc2ccccc2N)CC1. The van der Waals surface area contributed by atoms with Crippen LogP contribution in [0.2, 0.25) is 0 Å². The van der Waals surface area contributed by atoms with E-state index >= 15 is 0 Å². The number of nitrogen functional groups attached to an aromatic ring is 1. The van der Waals surface area contributed by atoms with Gasteiger partial charge in [-0.15, -0.1) is 0 Å². The predicted molar refractivity (Wildman–Crippen MR) is 84.1 cm³/mol. The average Bonchev–Trinajstić information content (AvgIpc) is 2.73. The Hall–Kier alpha value is -1.59. The van der Waals surface area contributed by atoms with E-state index in [1.807, 2.05) is 29.2 Å². The first kappa shape index (κ1) is 15.8. The fourth-order valence-corrected chi connectivity index (χ4v) is 2.63. The van der Waals surface area contributed by atoms with Crippen LogP contribution in [0.15, 0.2) is 24.3 Å². The average molecular weight is 291 g/mol. The molecule has 1 fully saturated rings. The number of carbonyl (C=O) groups excluding carboxylic acids is 1. The Kier molecular flexibility index (Phi) is 6.02. The third-order valence-corrected chi connectivity index (χ3v) is 3.95. The summed E-state index contributed by atoms with van der Waals surface area (Å²) >= 11 is 0. The Labute approximate surface area is 126 Å². The van der Waals surface area contributed by atoms with Gasteiger partial charge in [0, 0.05) is 39.0 Å². The van der Waals surface area contributed by atoms with Gasteiger partial charge < -0.3 is 15.4 Å². The molecule has 0 saturated carbocycles. The zero-order valence-electron chi connectivity index (χ0n) is 12.8. The summed E-state index contributed by atoms with van der Waals surface area (Å²) in [5.74, 6) is 0.168. The molecule has 116 valence electrons. The number of ether oxygens (including phenoxy) is 1. The molecule has 1 saturated heterocycles. The van der Waals surface area contributed by atoms with Crippen molar-refractivity contribution in [1.82, 2.24) is 9.80 Å². The van der Waals surface area contributed by atoms with Crippen molar-refractivity contribution in [2.45, 2.75) is 12.8 Å². The smallest absolute Gasteiger partial charge is 0.227 e. The maximum absolute atomic E-state index is 12.4. The van der Waals surface area contributed by atoms with E-state index in [1.165, 1.54) is 0 Å². The van der Waals surface area contributed by atoms with Crippen LogP contribution in [0.3, 0.4) is 0 Å². The highest BCUT2D eigenvalue weighted by Gasteiger charge is 2.19. The van der Waals surface area contributed by atoms with Crippen molar-refractivity contribution in [3.05, 3.63) is 29.8 Å². The molecular weight excluding hydrogens is 266 g/mol. The summed E-state index contributed by atoms with van der Waals surface area (Å²) in [6, 6.07) is 7.59. The summed E-state index contributed by atoms with van der Waals surface area (Å²) in [4.78, 5) is 16.7. The second-order valence-electron chi connectivity index (χ2n) is 5.44. The third-order valence-electron chi connectivity index (χ3n) is 3.95. The molecule has 1 aromatic carbocycles. The molecule has 0 aromatic heterocycles. The van der Waals surface area contributed by atoms with Crippen LogP contribution in [0.1, 0.15) is 12.0 Å². The topological polar surface area (TPSA) is 58.8 Å². The summed E-state index contributed by atoms with van der Waals surface area (Å²) in [5.41, 5.74) is 7.53. The van der Waals surface area contributed by atoms with Crippen molar-refractivity contribution >= 4 is 11.6 Å². The Morgan fingerprint density at radius 3 is 2.81 bits per heavy atom. The zero-order chi connectivity index (χ0) is 15.1. The fraction of sp³-hybridized carbons (Fsp3) is 0.562. The van der Waals surface area contributed by atoms with Crippen LogP contribution in [0.5, 0.6) is 0 Å². The second-order valence-corrected chi connectivity index (χ2v) is 5.44. The molecule has 2 N–H and O–H groups in total. The number of amides is 1. The van der Waals surface area contributed by atoms with Gasteiger partial charge >= 0.3 is 0 Å². The molecule has 1 aliphatic rings. The van der Waals surface area contributed by atoms with Gasteiger partial charge in [0.15, 0.2) is 0 Å². The first-order valence-electron chi connectivity index (χ1n) is 7.53. The highest BCUT2D eigenvalue weighted by Crippen LogP contribution is 2.13. The molecule has 5 nitrogen and oxygen atoms in total. The molecule has 0 radical (unpaired) electrons. The summed E-state index contributed by atoms with van der Waals surface area (Å²) in [7, 11) is 1.72. The highest BCUT2D eigenvalue weighted by molar-refractivity contribution is 5.80.